The summed E-state index contributed by atoms with van der Waals surface area (Å²) >= 11 is 3.08. The molecule has 1 aromatic carbocycles. The van der Waals surface area contributed by atoms with Crippen LogP contribution in [-0.2, 0) is 0 Å². The van der Waals surface area contributed by atoms with Crippen LogP contribution >= 0.6 is 15.9 Å². The number of carbonyl (C=O) groups is 1. The maximum atomic E-state index is 11.8. The minimum atomic E-state index is -0.512. The van der Waals surface area contributed by atoms with E-state index in [-0.39, 0.29) is 12.4 Å². The summed E-state index contributed by atoms with van der Waals surface area (Å²) in [5.74, 6) is 0.593. The Kier molecular flexibility index (Phi) is 4.59. The number of carbonyl (C=O) groups excluding carboxylic acids is 1. The van der Waals surface area contributed by atoms with Crippen LogP contribution in [0.15, 0.2) is 24.3 Å². The van der Waals surface area contributed by atoms with Crippen molar-refractivity contribution in [2.24, 2.45) is 0 Å². The first-order valence-electron chi connectivity index (χ1n) is 4.16. The van der Waals surface area contributed by atoms with E-state index in [1.54, 1.807) is 24.3 Å². The number of benzene rings is 1. The lowest BCUT2D eigenvalue weighted by Crippen LogP contribution is -2.01. The van der Waals surface area contributed by atoms with Crippen LogP contribution in [0.2, 0.25) is 0 Å². The summed E-state index contributed by atoms with van der Waals surface area (Å²) in [5.41, 5.74) is 0.620. The molecule has 0 aliphatic heterocycles. The highest BCUT2D eigenvalue weighted by Gasteiger charge is 2.03. The van der Waals surface area contributed by atoms with Crippen molar-refractivity contribution in [3.05, 3.63) is 29.8 Å². The fraction of sp³-hybridized carbons (Fsp3) is 0.300. The summed E-state index contributed by atoms with van der Waals surface area (Å²) in [4.78, 5) is 11.2. The monoisotopic (exact) mass is 260 g/mol. The van der Waals surface area contributed by atoms with Gasteiger partial charge in [0.15, 0.2) is 5.78 Å². The second-order valence-electron chi connectivity index (χ2n) is 2.62. The molecular weight excluding hydrogens is 251 g/mol. The molecule has 0 saturated carbocycles. The van der Waals surface area contributed by atoms with Gasteiger partial charge in [0, 0.05) is 5.56 Å². The van der Waals surface area contributed by atoms with Crippen molar-refractivity contribution in [2.45, 2.75) is 0 Å². The van der Waals surface area contributed by atoms with Crippen molar-refractivity contribution in [1.29, 1.82) is 0 Å². The number of rotatable bonds is 5. The van der Waals surface area contributed by atoms with Crippen LogP contribution in [0.25, 0.3) is 0 Å². The van der Waals surface area contributed by atoms with Crippen molar-refractivity contribution in [3.63, 3.8) is 0 Å². The molecule has 2 nitrogen and oxygen atoms in total. The van der Waals surface area contributed by atoms with Gasteiger partial charge in [-0.3, -0.25) is 4.79 Å². The van der Waals surface area contributed by atoms with E-state index in [0.29, 0.717) is 16.6 Å². The SMILES string of the molecule is O=C(CBr)c1ccc(OCCF)cc1. The van der Waals surface area contributed by atoms with Gasteiger partial charge in [0.25, 0.3) is 0 Å². The first kappa shape index (κ1) is 11.2. The first-order valence-corrected chi connectivity index (χ1v) is 5.28. The molecule has 0 spiro atoms. The average molecular weight is 261 g/mol. The van der Waals surface area contributed by atoms with Crippen molar-refractivity contribution < 1.29 is 13.9 Å². The van der Waals surface area contributed by atoms with Crippen LogP contribution in [0.3, 0.4) is 0 Å². The Morgan fingerprint density at radius 1 is 1.36 bits per heavy atom. The van der Waals surface area contributed by atoms with Gasteiger partial charge in [0.1, 0.15) is 19.0 Å². The topological polar surface area (TPSA) is 26.3 Å². The van der Waals surface area contributed by atoms with Crippen LogP contribution in [-0.4, -0.2) is 24.4 Å². The molecule has 1 rings (SSSR count). The Bertz CT molecular complexity index is 297. The van der Waals surface area contributed by atoms with Gasteiger partial charge in [0.05, 0.1) is 5.33 Å². The molecule has 0 heterocycles. The van der Waals surface area contributed by atoms with Gasteiger partial charge < -0.3 is 4.74 Å². The third-order valence-electron chi connectivity index (χ3n) is 1.64. The van der Waals surface area contributed by atoms with E-state index in [4.69, 9.17) is 4.74 Å². The molecule has 0 aliphatic rings. The van der Waals surface area contributed by atoms with Gasteiger partial charge in [-0.2, -0.15) is 0 Å². The van der Waals surface area contributed by atoms with Gasteiger partial charge in [-0.15, -0.1) is 0 Å². The van der Waals surface area contributed by atoms with Crippen LogP contribution in [0.4, 0.5) is 4.39 Å². The minimum Gasteiger partial charge on any atom is -0.491 e. The molecule has 76 valence electrons. The summed E-state index contributed by atoms with van der Waals surface area (Å²) < 4.78 is 16.8. The number of hydrogen-bond acceptors (Lipinski definition) is 2. The molecule has 0 atom stereocenters. The van der Waals surface area contributed by atoms with Crippen molar-refractivity contribution in [3.8, 4) is 5.75 Å². The number of alkyl halides is 2. The van der Waals surface area contributed by atoms with Crippen molar-refractivity contribution >= 4 is 21.7 Å². The molecule has 0 bridgehead atoms. The summed E-state index contributed by atoms with van der Waals surface area (Å²) in [6, 6.07) is 6.64. The summed E-state index contributed by atoms with van der Waals surface area (Å²) in [6.45, 7) is -0.464. The molecule has 0 aromatic heterocycles. The third kappa shape index (κ3) is 3.10. The fourth-order valence-electron chi connectivity index (χ4n) is 0.971. The normalized spacial score (nSPS) is 9.86. The predicted molar refractivity (Wildman–Crippen MR) is 56.0 cm³/mol. The number of Topliss-reactive ketones (excluding diaryl/α,β-unsaturated/α-hetero) is 1. The van der Waals surface area contributed by atoms with Gasteiger partial charge in [-0.05, 0) is 24.3 Å². The molecule has 0 fully saturated rings. The maximum absolute atomic E-state index is 11.8. The first-order chi connectivity index (χ1) is 6.77. The van der Waals surface area contributed by atoms with Crippen LogP contribution in [0.1, 0.15) is 10.4 Å². The molecule has 0 aliphatic carbocycles. The molecule has 0 N–H and O–H groups in total. The zero-order valence-electron chi connectivity index (χ0n) is 7.50. The van der Waals surface area contributed by atoms with E-state index < -0.39 is 6.67 Å². The lowest BCUT2D eigenvalue weighted by molar-refractivity contribution is 0.102. The zero-order valence-corrected chi connectivity index (χ0v) is 9.09. The Morgan fingerprint density at radius 2 is 2.00 bits per heavy atom. The Balaban J connectivity index is 2.63. The molecule has 0 unspecified atom stereocenters. The second kappa shape index (κ2) is 5.75. The highest BCUT2D eigenvalue weighted by molar-refractivity contribution is 9.09. The predicted octanol–water partition coefficient (Wildman–Crippen LogP) is 2.61. The molecule has 1 aromatic rings. The van der Waals surface area contributed by atoms with Crippen LogP contribution in [0, 0.1) is 0 Å². The highest BCUT2D eigenvalue weighted by atomic mass is 79.9. The summed E-state index contributed by atoms with van der Waals surface area (Å²) in [5, 5.41) is 0.303. The Morgan fingerprint density at radius 3 is 2.50 bits per heavy atom. The van der Waals surface area contributed by atoms with Crippen LogP contribution < -0.4 is 4.74 Å². The van der Waals surface area contributed by atoms with E-state index >= 15 is 0 Å². The second-order valence-corrected chi connectivity index (χ2v) is 3.18. The molecule has 14 heavy (non-hydrogen) atoms. The highest BCUT2D eigenvalue weighted by Crippen LogP contribution is 2.13. The molecular formula is C10H10BrFO2. The number of ether oxygens (including phenoxy) is 1. The average Bonchev–Trinajstić information content (AvgIpc) is 2.26. The quantitative estimate of drug-likeness (QED) is 0.601. The van der Waals surface area contributed by atoms with Gasteiger partial charge in [-0.1, -0.05) is 15.9 Å². The maximum Gasteiger partial charge on any atom is 0.173 e. The molecule has 0 radical (unpaired) electrons. The largest absolute Gasteiger partial charge is 0.491 e. The number of ketones is 1. The van der Waals surface area contributed by atoms with Gasteiger partial charge in [-0.25, -0.2) is 4.39 Å². The number of halogens is 2. The molecule has 0 amide bonds. The molecule has 4 heteroatoms. The van der Waals surface area contributed by atoms with Gasteiger partial charge >= 0.3 is 0 Å². The fourth-order valence-corrected chi connectivity index (χ4v) is 1.29. The van der Waals surface area contributed by atoms with Crippen molar-refractivity contribution in [2.75, 3.05) is 18.6 Å². The lowest BCUT2D eigenvalue weighted by atomic mass is 10.1. The van der Waals surface area contributed by atoms with Crippen LogP contribution in [0.5, 0.6) is 5.75 Å². The van der Waals surface area contributed by atoms with E-state index in [1.165, 1.54) is 0 Å². The zero-order chi connectivity index (χ0) is 10.4. The van der Waals surface area contributed by atoms with E-state index in [1.807, 2.05) is 0 Å². The van der Waals surface area contributed by atoms with Crippen molar-refractivity contribution in [1.82, 2.24) is 0 Å². The minimum absolute atomic E-state index is 0.0158. The summed E-state index contributed by atoms with van der Waals surface area (Å²) in [7, 11) is 0. The number of hydrogen-bond donors (Lipinski definition) is 0. The summed E-state index contributed by atoms with van der Waals surface area (Å²) in [6.07, 6.45) is 0. The smallest absolute Gasteiger partial charge is 0.173 e. The standard InChI is InChI=1S/C10H10BrFO2/c11-7-10(13)8-1-3-9(4-2-8)14-6-5-12/h1-4H,5-7H2. The Labute approximate surface area is 90.2 Å². The van der Waals surface area contributed by atoms with E-state index in [9.17, 15) is 9.18 Å². The molecule has 0 saturated heterocycles. The Hall–Kier alpha value is -0.900. The van der Waals surface area contributed by atoms with E-state index in [2.05, 4.69) is 15.9 Å². The van der Waals surface area contributed by atoms with E-state index in [0.717, 1.165) is 0 Å². The third-order valence-corrected chi connectivity index (χ3v) is 2.15. The lowest BCUT2D eigenvalue weighted by Gasteiger charge is -2.03. The van der Waals surface area contributed by atoms with Gasteiger partial charge in [0.2, 0.25) is 0 Å².